The Labute approximate surface area is 139 Å². The summed E-state index contributed by atoms with van der Waals surface area (Å²) >= 11 is 5.85. The van der Waals surface area contributed by atoms with Crippen LogP contribution in [0.1, 0.15) is 19.4 Å². The van der Waals surface area contributed by atoms with Crippen molar-refractivity contribution in [1.29, 1.82) is 0 Å². The average Bonchev–Trinajstić information content (AvgIpc) is 2.69. The molecule has 7 heteroatoms. The van der Waals surface area contributed by atoms with Crippen molar-refractivity contribution in [3.05, 3.63) is 53.1 Å². The van der Waals surface area contributed by atoms with Crippen LogP contribution in [-0.2, 0) is 20.2 Å². The van der Waals surface area contributed by atoms with Crippen LogP contribution in [0.5, 0.6) is 0 Å². The summed E-state index contributed by atoms with van der Waals surface area (Å²) in [6.07, 6.45) is 0. The average molecular weight is 351 g/mol. The van der Waals surface area contributed by atoms with Gasteiger partial charge in [-0.05, 0) is 55.8 Å². The van der Waals surface area contributed by atoms with E-state index in [9.17, 15) is 13.2 Å². The molecule has 1 aliphatic heterocycles. The topological polar surface area (TPSA) is 75.3 Å². The Bertz CT molecular complexity index is 907. The SMILES string of the molecule is CC1(C)C(=O)Nc2ccc(NS(=O)(=O)c3cccc(Cl)c3)cc21. The minimum absolute atomic E-state index is 0.0824. The highest BCUT2D eigenvalue weighted by Crippen LogP contribution is 2.39. The molecular weight excluding hydrogens is 336 g/mol. The van der Waals surface area contributed by atoms with Crippen LogP contribution in [0.25, 0.3) is 0 Å². The minimum atomic E-state index is -3.74. The molecule has 1 heterocycles. The quantitative estimate of drug-likeness (QED) is 0.891. The number of anilines is 2. The largest absolute Gasteiger partial charge is 0.325 e. The molecule has 0 bridgehead atoms. The second kappa shape index (κ2) is 5.25. The van der Waals surface area contributed by atoms with E-state index in [0.29, 0.717) is 16.4 Å². The fourth-order valence-electron chi connectivity index (χ4n) is 2.48. The molecule has 0 spiro atoms. The van der Waals surface area contributed by atoms with Crippen molar-refractivity contribution < 1.29 is 13.2 Å². The predicted octanol–water partition coefficient (Wildman–Crippen LogP) is 3.37. The van der Waals surface area contributed by atoms with Crippen molar-refractivity contribution >= 4 is 38.9 Å². The van der Waals surface area contributed by atoms with E-state index >= 15 is 0 Å². The van der Waals surface area contributed by atoms with E-state index in [1.54, 1.807) is 44.2 Å². The van der Waals surface area contributed by atoms with Crippen LogP contribution in [0.15, 0.2) is 47.4 Å². The van der Waals surface area contributed by atoms with Gasteiger partial charge in [-0.3, -0.25) is 9.52 Å². The van der Waals surface area contributed by atoms with Gasteiger partial charge in [0.25, 0.3) is 10.0 Å². The zero-order chi connectivity index (χ0) is 16.8. The van der Waals surface area contributed by atoms with E-state index in [0.717, 1.165) is 5.56 Å². The molecular formula is C16H15ClN2O3S. The Morgan fingerprint density at radius 1 is 1.13 bits per heavy atom. The molecule has 0 radical (unpaired) electrons. The molecule has 1 aliphatic rings. The van der Waals surface area contributed by atoms with Gasteiger partial charge in [-0.2, -0.15) is 0 Å². The number of nitrogens with one attached hydrogen (secondary N) is 2. The second-order valence-corrected chi connectivity index (χ2v) is 8.02. The van der Waals surface area contributed by atoms with E-state index in [-0.39, 0.29) is 10.8 Å². The molecule has 0 saturated heterocycles. The first-order chi connectivity index (χ1) is 10.7. The van der Waals surface area contributed by atoms with Crippen molar-refractivity contribution in [3.63, 3.8) is 0 Å². The Kier molecular flexibility index (Phi) is 3.61. The second-order valence-electron chi connectivity index (χ2n) is 5.90. The Balaban J connectivity index is 1.96. The number of rotatable bonds is 3. The molecule has 120 valence electrons. The van der Waals surface area contributed by atoms with Crippen LogP contribution in [0.3, 0.4) is 0 Å². The first-order valence-electron chi connectivity index (χ1n) is 6.94. The molecule has 1 amide bonds. The number of sulfonamides is 1. The lowest BCUT2D eigenvalue weighted by Gasteiger charge is -2.16. The molecule has 23 heavy (non-hydrogen) atoms. The van der Waals surface area contributed by atoms with Gasteiger partial charge < -0.3 is 5.32 Å². The van der Waals surface area contributed by atoms with E-state index < -0.39 is 15.4 Å². The molecule has 0 fully saturated rings. The summed E-state index contributed by atoms with van der Waals surface area (Å²) in [5, 5.41) is 3.13. The molecule has 5 nitrogen and oxygen atoms in total. The van der Waals surface area contributed by atoms with Gasteiger partial charge in [0.1, 0.15) is 0 Å². The van der Waals surface area contributed by atoms with Crippen LogP contribution < -0.4 is 10.0 Å². The minimum Gasteiger partial charge on any atom is -0.325 e. The maximum Gasteiger partial charge on any atom is 0.261 e. The standard InChI is InChI=1S/C16H15ClN2O3S/c1-16(2)13-9-11(6-7-14(13)18-15(16)20)19-23(21,22)12-5-3-4-10(17)8-12/h3-9,19H,1-2H3,(H,18,20). The summed E-state index contributed by atoms with van der Waals surface area (Å²) in [6, 6.07) is 11.0. The number of carbonyl (C=O) groups is 1. The molecule has 0 aliphatic carbocycles. The lowest BCUT2D eigenvalue weighted by molar-refractivity contribution is -0.119. The highest BCUT2D eigenvalue weighted by molar-refractivity contribution is 7.92. The lowest BCUT2D eigenvalue weighted by Crippen LogP contribution is -2.26. The molecule has 0 aromatic heterocycles. The molecule has 2 aromatic rings. The number of fused-ring (bicyclic) bond motifs is 1. The van der Waals surface area contributed by atoms with Gasteiger partial charge in [-0.1, -0.05) is 17.7 Å². The monoisotopic (exact) mass is 350 g/mol. The summed E-state index contributed by atoms with van der Waals surface area (Å²) in [6.45, 7) is 3.59. The van der Waals surface area contributed by atoms with Gasteiger partial charge >= 0.3 is 0 Å². The van der Waals surface area contributed by atoms with E-state index in [1.165, 1.54) is 12.1 Å². The van der Waals surface area contributed by atoms with Gasteiger partial charge in [0, 0.05) is 16.4 Å². The number of hydrogen-bond acceptors (Lipinski definition) is 3. The molecule has 0 saturated carbocycles. The molecule has 2 N–H and O–H groups in total. The molecule has 0 unspecified atom stereocenters. The predicted molar refractivity (Wildman–Crippen MR) is 90.4 cm³/mol. The molecule has 2 aromatic carbocycles. The number of amides is 1. The molecule has 0 atom stereocenters. The van der Waals surface area contributed by atoms with E-state index in [1.807, 2.05) is 0 Å². The van der Waals surface area contributed by atoms with Crippen molar-refractivity contribution in [3.8, 4) is 0 Å². The van der Waals surface area contributed by atoms with Crippen LogP contribution in [0, 0.1) is 0 Å². The van der Waals surface area contributed by atoms with Gasteiger partial charge in [0.05, 0.1) is 10.3 Å². The number of halogens is 1. The number of hydrogen-bond donors (Lipinski definition) is 2. The van der Waals surface area contributed by atoms with Crippen LogP contribution in [-0.4, -0.2) is 14.3 Å². The van der Waals surface area contributed by atoms with Gasteiger partial charge in [0.15, 0.2) is 0 Å². The van der Waals surface area contributed by atoms with Crippen molar-refractivity contribution in [2.75, 3.05) is 10.0 Å². The summed E-state index contributed by atoms with van der Waals surface area (Å²) in [4.78, 5) is 12.0. The smallest absolute Gasteiger partial charge is 0.261 e. The maximum absolute atomic E-state index is 12.4. The highest BCUT2D eigenvalue weighted by Gasteiger charge is 2.38. The summed E-state index contributed by atoms with van der Waals surface area (Å²) in [7, 11) is -3.74. The zero-order valence-electron chi connectivity index (χ0n) is 12.6. The van der Waals surface area contributed by atoms with Gasteiger partial charge in [-0.25, -0.2) is 8.42 Å². The van der Waals surface area contributed by atoms with Gasteiger partial charge in [-0.15, -0.1) is 0 Å². The summed E-state index contributed by atoms with van der Waals surface area (Å²) < 4.78 is 27.4. The fraction of sp³-hybridized carbons (Fsp3) is 0.188. The lowest BCUT2D eigenvalue weighted by atomic mass is 9.86. The van der Waals surface area contributed by atoms with Crippen molar-refractivity contribution in [2.45, 2.75) is 24.2 Å². The Morgan fingerprint density at radius 3 is 2.57 bits per heavy atom. The summed E-state index contributed by atoms with van der Waals surface area (Å²) in [5.74, 6) is -0.109. The van der Waals surface area contributed by atoms with Gasteiger partial charge in [0.2, 0.25) is 5.91 Å². The van der Waals surface area contributed by atoms with E-state index in [2.05, 4.69) is 10.0 Å². The number of benzene rings is 2. The maximum atomic E-state index is 12.4. The third-order valence-electron chi connectivity index (χ3n) is 3.87. The number of carbonyl (C=O) groups excluding carboxylic acids is 1. The fourth-order valence-corrected chi connectivity index (χ4v) is 3.83. The highest BCUT2D eigenvalue weighted by atomic mass is 35.5. The third kappa shape index (κ3) is 2.80. The van der Waals surface area contributed by atoms with Crippen LogP contribution in [0.2, 0.25) is 5.02 Å². The van der Waals surface area contributed by atoms with E-state index in [4.69, 9.17) is 11.6 Å². The Morgan fingerprint density at radius 2 is 1.87 bits per heavy atom. The Hall–Kier alpha value is -2.05. The normalized spacial score (nSPS) is 15.9. The zero-order valence-corrected chi connectivity index (χ0v) is 14.1. The third-order valence-corrected chi connectivity index (χ3v) is 5.48. The van der Waals surface area contributed by atoms with Crippen LogP contribution in [0.4, 0.5) is 11.4 Å². The first kappa shape index (κ1) is 15.8. The first-order valence-corrected chi connectivity index (χ1v) is 8.81. The molecule has 3 rings (SSSR count). The van der Waals surface area contributed by atoms with Crippen LogP contribution >= 0.6 is 11.6 Å². The van der Waals surface area contributed by atoms with Crippen molar-refractivity contribution in [2.24, 2.45) is 0 Å². The summed E-state index contributed by atoms with van der Waals surface area (Å²) in [5.41, 5.74) is 1.15. The van der Waals surface area contributed by atoms with Crippen molar-refractivity contribution in [1.82, 2.24) is 0 Å².